The summed E-state index contributed by atoms with van der Waals surface area (Å²) in [5, 5.41) is 3.43. The van der Waals surface area contributed by atoms with E-state index in [1.54, 1.807) is 0 Å². The van der Waals surface area contributed by atoms with E-state index >= 15 is 0 Å². The molecule has 1 N–H and O–H groups in total. The fourth-order valence-electron chi connectivity index (χ4n) is 2.05. The molecular formula is C16H22BrN3O. The van der Waals surface area contributed by atoms with E-state index in [1.807, 2.05) is 24.7 Å². The number of aryl methyl sites for hydroxylation is 1. The molecule has 0 aliphatic carbocycles. The minimum atomic E-state index is 0.443. The van der Waals surface area contributed by atoms with Gasteiger partial charge in [-0.05, 0) is 25.1 Å². The Hall–Kier alpha value is -1.33. The van der Waals surface area contributed by atoms with E-state index in [9.17, 15) is 0 Å². The third kappa shape index (κ3) is 4.58. The molecule has 0 aliphatic rings. The summed E-state index contributed by atoms with van der Waals surface area (Å²) in [5.74, 6) is 0.912. The van der Waals surface area contributed by atoms with Gasteiger partial charge < -0.3 is 14.6 Å². The van der Waals surface area contributed by atoms with Crippen LogP contribution in [0.5, 0.6) is 5.75 Å². The molecule has 2 aromatic rings. The smallest absolute Gasteiger partial charge is 0.130 e. The molecule has 0 unspecified atom stereocenters. The molecule has 0 fully saturated rings. The second kappa shape index (κ2) is 7.61. The summed E-state index contributed by atoms with van der Waals surface area (Å²) in [5.41, 5.74) is 2.24. The molecule has 0 spiro atoms. The summed E-state index contributed by atoms with van der Waals surface area (Å²) < 4.78 is 9.14. The monoisotopic (exact) mass is 351 g/mol. The SMILES string of the molecule is CCn1cncc1COc1ccc(Br)cc1CNC(C)C. The molecule has 0 saturated carbocycles. The van der Waals surface area contributed by atoms with E-state index in [1.165, 1.54) is 0 Å². The maximum absolute atomic E-state index is 5.99. The number of aromatic nitrogens is 2. The highest BCUT2D eigenvalue weighted by Gasteiger charge is 2.07. The topological polar surface area (TPSA) is 39.1 Å². The van der Waals surface area contributed by atoms with Crippen molar-refractivity contribution >= 4 is 15.9 Å². The van der Waals surface area contributed by atoms with E-state index in [-0.39, 0.29) is 0 Å². The third-order valence-corrected chi connectivity index (χ3v) is 3.73. The van der Waals surface area contributed by atoms with Gasteiger partial charge in [0.1, 0.15) is 12.4 Å². The summed E-state index contributed by atoms with van der Waals surface area (Å²) in [6.45, 7) is 8.60. The third-order valence-electron chi connectivity index (χ3n) is 3.24. The number of hydrogen-bond donors (Lipinski definition) is 1. The average Bonchev–Trinajstić information content (AvgIpc) is 2.91. The van der Waals surface area contributed by atoms with Crippen LogP contribution in [-0.2, 0) is 19.7 Å². The van der Waals surface area contributed by atoms with E-state index in [0.717, 1.165) is 34.6 Å². The van der Waals surface area contributed by atoms with Gasteiger partial charge in [0, 0.05) is 29.2 Å². The zero-order valence-corrected chi connectivity index (χ0v) is 14.4. The predicted octanol–water partition coefficient (Wildman–Crippen LogP) is 3.74. The van der Waals surface area contributed by atoms with Gasteiger partial charge in [-0.2, -0.15) is 0 Å². The van der Waals surface area contributed by atoms with Crippen LogP contribution in [-0.4, -0.2) is 15.6 Å². The van der Waals surface area contributed by atoms with Crippen LogP contribution in [0.4, 0.5) is 0 Å². The molecule has 0 bridgehead atoms. The quantitative estimate of drug-likeness (QED) is 0.825. The second-order valence-corrected chi connectivity index (χ2v) is 6.16. The Bertz CT molecular complexity index is 581. The summed E-state index contributed by atoms with van der Waals surface area (Å²) in [7, 11) is 0. The van der Waals surface area contributed by atoms with Gasteiger partial charge in [0.25, 0.3) is 0 Å². The molecule has 114 valence electrons. The molecule has 0 atom stereocenters. The fourth-order valence-corrected chi connectivity index (χ4v) is 2.45. The number of hydrogen-bond acceptors (Lipinski definition) is 3. The Labute approximate surface area is 134 Å². The Balaban J connectivity index is 2.08. The second-order valence-electron chi connectivity index (χ2n) is 5.25. The van der Waals surface area contributed by atoms with Crippen molar-refractivity contribution in [2.24, 2.45) is 0 Å². The molecule has 21 heavy (non-hydrogen) atoms. The molecule has 4 nitrogen and oxygen atoms in total. The van der Waals surface area contributed by atoms with Gasteiger partial charge in [0.05, 0.1) is 18.2 Å². The van der Waals surface area contributed by atoms with Gasteiger partial charge >= 0.3 is 0 Å². The molecule has 1 aromatic heterocycles. The maximum Gasteiger partial charge on any atom is 0.130 e. The first-order chi connectivity index (χ1) is 10.1. The lowest BCUT2D eigenvalue weighted by Gasteiger charge is -2.14. The summed E-state index contributed by atoms with van der Waals surface area (Å²) in [6, 6.07) is 6.56. The molecular weight excluding hydrogens is 330 g/mol. The largest absolute Gasteiger partial charge is 0.487 e. The van der Waals surface area contributed by atoms with Crippen molar-refractivity contribution in [3.8, 4) is 5.75 Å². The normalized spacial score (nSPS) is 11.1. The van der Waals surface area contributed by atoms with Crippen LogP contribution >= 0.6 is 15.9 Å². The van der Waals surface area contributed by atoms with Crippen LogP contribution in [0, 0.1) is 0 Å². The maximum atomic E-state index is 5.99. The minimum absolute atomic E-state index is 0.443. The molecule has 0 amide bonds. The first-order valence-corrected chi connectivity index (χ1v) is 8.03. The predicted molar refractivity (Wildman–Crippen MR) is 88.4 cm³/mol. The van der Waals surface area contributed by atoms with Crippen molar-refractivity contribution < 1.29 is 4.74 Å². The highest BCUT2D eigenvalue weighted by Crippen LogP contribution is 2.24. The van der Waals surface area contributed by atoms with Crippen LogP contribution in [0.1, 0.15) is 32.0 Å². The van der Waals surface area contributed by atoms with Crippen LogP contribution < -0.4 is 10.1 Å². The van der Waals surface area contributed by atoms with Crippen LogP contribution in [0.25, 0.3) is 0 Å². The molecule has 1 heterocycles. The highest BCUT2D eigenvalue weighted by atomic mass is 79.9. The standard InChI is InChI=1S/C16H22BrN3O/c1-4-20-11-18-9-15(20)10-21-16-6-5-14(17)7-13(16)8-19-12(2)3/h5-7,9,11-12,19H,4,8,10H2,1-3H3. The van der Waals surface area contributed by atoms with Crippen LogP contribution in [0.15, 0.2) is 35.2 Å². The lowest BCUT2D eigenvalue weighted by atomic mass is 10.2. The Morgan fingerprint density at radius 2 is 2.19 bits per heavy atom. The van der Waals surface area contributed by atoms with Gasteiger partial charge in [-0.3, -0.25) is 0 Å². The van der Waals surface area contributed by atoms with Gasteiger partial charge in [-0.15, -0.1) is 0 Å². The van der Waals surface area contributed by atoms with E-state index in [4.69, 9.17) is 4.74 Å². The zero-order chi connectivity index (χ0) is 15.2. The lowest BCUT2D eigenvalue weighted by molar-refractivity contribution is 0.291. The van der Waals surface area contributed by atoms with Gasteiger partial charge in [-0.25, -0.2) is 4.98 Å². The summed E-state index contributed by atoms with van der Waals surface area (Å²) in [6.07, 6.45) is 3.69. The number of nitrogens with one attached hydrogen (secondary N) is 1. The minimum Gasteiger partial charge on any atom is -0.487 e. The number of rotatable bonds is 7. The van der Waals surface area contributed by atoms with Crippen LogP contribution in [0.3, 0.4) is 0 Å². The van der Waals surface area contributed by atoms with Crippen molar-refractivity contribution in [1.29, 1.82) is 0 Å². The van der Waals surface area contributed by atoms with E-state index in [0.29, 0.717) is 12.6 Å². The average molecular weight is 352 g/mol. The van der Waals surface area contributed by atoms with Crippen molar-refractivity contribution in [1.82, 2.24) is 14.9 Å². The fraction of sp³-hybridized carbons (Fsp3) is 0.438. The summed E-state index contributed by atoms with van der Waals surface area (Å²) in [4.78, 5) is 4.16. The van der Waals surface area contributed by atoms with Crippen molar-refractivity contribution in [2.75, 3.05) is 0 Å². The Kier molecular flexibility index (Phi) is 5.82. The Morgan fingerprint density at radius 3 is 2.90 bits per heavy atom. The van der Waals surface area contributed by atoms with Crippen molar-refractivity contribution in [2.45, 2.75) is 46.5 Å². The lowest BCUT2D eigenvalue weighted by Crippen LogP contribution is -2.22. The van der Waals surface area contributed by atoms with E-state index in [2.05, 4.69) is 57.6 Å². The first kappa shape index (κ1) is 16.0. The van der Waals surface area contributed by atoms with Crippen molar-refractivity contribution in [3.05, 3.63) is 46.5 Å². The molecule has 2 rings (SSSR count). The van der Waals surface area contributed by atoms with Gasteiger partial charge in [0.2, 0.25) is 0 Å². The molecule has 5 heteroatoms. The van der Waals surface area contributed by atoms with E-state index < -0.39 is 0 Å². The highest BCUT2D eigenvalue weighted by molar-refractivity contribution is 9.10. The summed E-state index contributed by atoms with van der Waals surface area (Å²) >= 11 is 3.52. The molecule has 0 radical (unpaired) electrons. The number of halogens is 1. The van der Waals surface area contributed by atoms with Crippen molar-refractivity contribution in [3.63, 3.8) is 0 Å². The molecule has 0 aliphatic heterocycles. The number of benzene rings is 1. The van der Waals surface area contributed by atoms with Gasteiger partial charge in [0.15, 0.2) is 0 Å². The van der Waals surface area contributed by atoms with Crippen LogP contribution in [0.2, 0.25) is 0 Å². The number of imidazole rings is 1. The van der Waals surface area contributed by atoms with Gasteiger partial charge in [-0.1, -0.05) is 29.8 Å². The number of nitrogens with zero attached hydrogens (tertiary/aromatic N) is 2. The first-order valence-electron chi connectivity index (χ1n) is 7.23. The zero-order valence-electron chi connectivity index (χ0n) is 12.8. The molecule has 0 saturated heterocycles. The number of ether oxygens (including phenoxy) is 1. The molecule has 1 aromatic carbocycles. The Morgan fingerprint density at radius 1 is 1.38 bits per heavy atom.